The van der Waals surface area contributed by atoms with Gasteiger partial charge in [-0.05, 0) is 24.4 Å². The second-order valence-corrected chi connectivity index (χ2v) is 4.46. The molecule has 0 spiro atoms. The van der Waals surface area contributed by atoms with Gasteiger partial charge >= 0.3 is 0 Å². The molecular weight excluding hydrogens is 236 g/mol. The minimum Gasteiger partial charge on any atom is -0.396 e. The number of hydrogen-bond donors (Lipinski definition) is 2. The number of benzene rings is 1. The van der Waals surface area contributed by atoms with Gasteiger partial charge in [0.15, 0.2) is 0 Å². The average molecular weight is 257 g/mol. The molecule has 0 bridgehead atoms. The maximum absolute atomic E-state index is 12.3. The second-order valence-electron chi connectivity index (χ2n) is 4.46. The Bertz CT molecular complexity index is 327. The number of rotatable bonds is 8. The lowest BCUT2D eigenvalue weighted by molar-refractivity contribution is 0.151. The van der Waals surface area contributed by atoms with Crippen molar-refractivity contribution >= 4 is 0 Å². The molecule has 1 unspecified atom stereocenters. The van der Waals surface area contributed by atoms with Crippen LogP contribution >= 0.6 is 0 Å². The third-order valence-corrected chi connectivity index (χ3v) is 3.11. The van der Waals surface area contributed by atoms with Crippen LogP contribution in [-0.2, 0) is 6.54 Å². The van der Waals surface area contributed by atoms with E-state index in [0.717, 1.165) is 24.9 Å². The Morgan fingerprint density at radius 2 is 1.89 bits per heavy atom. The van der Waals surface area contributed by atoms with E-state index in [1.165, 1.54) is 12.1 Å². The highest BCUT2D eigenvalue weighted by Crippen LogP contribution is 2.18. The van der Waals surface area contributed by atoms with Gasteiger partial charge in [-0.3, -0.25) is 0 Å². The Labute approximate surface area is 107 Å². The summed E-state index contributed by atoms with van der Waals surface area (Å²) in [5, 5.41) is 12.2. The number of halogens is 2. The standard InChI is InChI=1S/C14H21F2NO/c1-2-11(7-8-18)9-17-10-12-3-5-13(6-4-12)14(15)16/h3-6,11,14,17-18H,2,7-10H2,1H3. The van der Waals surface area contributed by atoms with Gasteiger partial charge in [0.1, 0.15) is 0 Å². The third-order valence-electron chi connectivity index (χ3n) is 3.11. The molecule has 1 aromatic carbocycles. The van der Waals surface area contributed by atoms with Gasteiger partial charge in [-0.1, -0.05) is 37.6 Å². The predicted molar refractivity (Wildman–Crippen MR) is 68.6 cm³/mol. The van der Waals surface area contributed by atoms with Crippen molar-refractivity contribution in [1.29, 1.82) is 0 Å². The molecular formula is C14H21F2NO. The number of alkyl halides is 2. The molecule has 0 saturated carbocycles. The first-order chi connectivity index (χ1) is 8.67. The molecule has 0 aromatic heterocycles. The summed E-state index contributed by atoms with van der Waals surface area (Å²) < 4.78 is 24.7. The van der Waals surface area contributed by atoms with Crippen LogP contribution in [0.4, 0.5) is 8.78 Å². The molecule has 1 rings (SSSR count). The van der Waals surface area contributed by atoms with E-state index in [1.807, 2.05) is 0 Å². The summed E-state index contributed by atoms with van der Waals surface area (Å²) >= 11 is 0. The Kier molecular flexibility index (Phi) is 6.83. The van der Waals surface area contributed by atoms with E-state index in [4.69, 9.17) is 5.11 Å². The van der Waals surface area contributed by atoms with E-state index in [2.05, 4.69) is 12.2 Å². The zero-order valence-corrected chi connectivity index (χ0v) is 10.7. The van der Waals surface area contributed by atoms with Crippen LogP contribution in [0.1, 0.15) is 37.3 Å². The Morgan fingerprint density at radius 1 is 1.22 bits per heavy atom. The van der Waals surface area contributed by atoms with E-state index < -0.39 is 6.43 Å². The second kappa shape index (κ2) is 8.16. The van der Waals surface area contributed by atoms with E-state index in [1.54, 1.807) is 12.1 Å². The number of nitrogens with one attached hydrogen (secondary N) is 1. The molecule has 0 aliphatic heterocycles. The van der Waals surface area contributed by atoms with Gasteiger partial charge in [0.25, 0.3) is 6.43 Å². The Hall–Kier alpha value is -1.00. The molecule has 0 heterocycles. The SMILES string of the molecule is CCC(CCO)CNCc1ccc(C(F)F)cc1. The fraction of sp³-hybridized carbons (Fsp3) is 0.571. The zero-order chi connectivity index (χ0) is 13.4. The van der Waals surface area contributed by atoms with Crippen molar-refractivity contribution in [2.75, 3.05) is 13.2 Å². The van der Waals surface area contributed by atoms with Gasteiger partial charge in [0, 0.05) is 18.7 Å². The van der Waals surface area contributed by atoms with Crippen molar-refractivity contribution < 1.29 is 13.9 Å². The van der Waals surface area contributed by atoms with Crippen LogP contribution in [0.5, 0.6) is 0 Å². The molecule has 0 aliphatic carbocycles. The van der Waals surface area contributed by atoms with Crippen LogP contribution < -0.4 is 5.32 Å². The molecule has 0 fully saturated rings. The normalized spacial score (nSPS) is 12.9. The molecule has 2 nitrogen and oxygen atoms in total. The minimum atomic E-state index is -2.40. The molecule has 1 atom stereocenters. The Balaban J connectivity index is 2.34. The van der Waals surface area contributed by atoms with Crippen molar-refractivity contribution in [3.63, 3.8) is 0 Å². The maximum Gasteiger partial charge on any atom is 0.263 e. The fourth-order valence-electron chi connectivity index (χ4n) is 1.83. The highest BCUT2D eigenvalue weighted by Gasteiger charge is 2.07. The highest BCUT2D eigenvalue weighted by molar-refractivity contribution is 5.23. The largest absolute Gasteiger partial charge is 0.396 e. The Morgan fingerprint density at radius 3 is 2.39 bits per heavy atom. The molecule has 2 N–H and O–H groups in total. The monoisotopic (exact) mass is 257 g/mol. The van der Waals surface area contributed by atoms with Crippen molar-refractivity contribution in [3.8, 4) is 0 Å². The smallest absolute Gasteiger partial charge is 0.263 e. The van der Waals surface area contributed by atoms with Crippen LogP contribution in [0, 0.1) is 5.92 Å². The van der Waals surface area contributed by atoms with E-state index in [0.29, 0.717) is 12.5 Å². The summed E-state index contributed by atoms with van der Waals surface area (Å²) in [6, 6.07) is 6.38. The quantitative estimate of drug-likeness (QED) is 0.750. The summed E-state index contributed by atoms with van der Waals surface area (Å²) in [4.78, 5) is 0. The minimum absolute atomic E-state index is 0.0606. The summed E-state index contributed by atoms with van der Waals surface area (Å²) in [7, 11) is 0. The first kappa shape index (κ1) is 15.1. The lowest BCUT2D eigenvalue weighted by Crippen LogP contribution is -2.22. The molecule has 18 heavy (non-hydrogen) atoms. The van der Waals surface area contributed by atoms with E-state index in [-0.39, 0.29) is 12.2 Å². The van der Waals surface area contributed by atoms with Crippen LogP contribution in [0.15, 0.2) is 24.3 Å². The predicted octanol–water partition coefficient (Wildman–Crippen LogP) is 3.12. The average Bonchev–Trinajstić information content (AvgIpc) is 2.38. The molecule has 102 valence electrons. The van der Waals surface area contributed by atoms with Gasteiger partial charge in [-0.15, -0.1) is 0 Å². The first-order valence-electron chi connectivity index (χ1n) is 6.36. The van der Waals surface area contributed by atoms with Gasteiger partial charge in [-0.25, -0.2) is 8.78 Å². The lowest BCUT2D eigenvalue weighted by Gasteiger charge is -2.14. The van der Waals surface area contributed by atoms with Crippen LogP contribution in [0.3, 0.4) is 0 Å². The van der Waals surface area contributed by atoms with Crippen molar-refractivity contribution in [2.45, 2.75) is 32.7 Å². The van der Waals surface area contributed by atoms with Gasteiger partial charge in [-0.2, -0.15) is 0 Å². The van der Waals surface area contributed by atoms with Crippen molar-refractivity contribution in [3.05, 3.63) is 35.4 Å². The highest BCUT2D eigenvalue weighted by atomic mass is 19.3. The molecule has 0 aliphatic rings. The van der Waals surface area contributed by atoms with Gasteiger partial charge in [0.05, 0.1) is 0 Å². The topological polar surface area (TPSA) is 32.3 Å². The summed E-state index contributed by atoms with van der Waals surface area (Å²) in [5.41, 5.74) is 1.06. The fourth-order valence-corrected chi connectivity index (χ4v) is 1.83. The summed E-state index contributed by atoms with van der Waals surface area (Å²) in [6.45, 7) is 3.82. The van der Waals surface area contributed by atoms with Gasteiger partial charge < -0.3 is 10.4 Å². The molecule has 0 radical (unpaired) electrons. The summed E-state index contributed by atoms with van der Waals surface area (Å²) in [6.07, 6.45) is -0.577. The van der Waals surface area contributed by atoms with Crippen LogP contribution in [0.2, 0.25) is 0 Å². The molecule has 4 heteroatoms. The third kappa shape index (κ3) is 5.10. The van der Waals surface area contributed by atoms with Crippen LogP contribution in [-0.4, -0.2) is 18.3 Å². The number of aliphatic hydroxyl groups excluding tert-OH is 1. The zero-order valence-electron chi connectivity index (χ0n) is 10.7. The van der Waals surface area contributed by atoms with Gasteiger partial charge in [0.2, 0.25) is 0 Å². The van der Waals surface area contributed by atoms with Crippen molar-refractivity contribution in [1.82, 2.24) is 5.32 Å². The summed E-state index contributed by atoms with van der Waals surface area (Å²) in [5.74, 6) is 0.468. The van der Waals surface area contributed by atoms with E-state index in [9.17, 15) is 8.78 Å². The number of hydrogen-bond acceptors (Lipinski definition) is 2. The molecule has 1 aromatic rings. The molecule has 0 saturated heterocycles. The first-order valence-corrected chi connectivity index (χ1v) is 6.36. The lowest BCUT2D eigenvalue weighted by atomic mass is 10.0. The number of aliphatic hydroxyl groups is 1. The molecule has 0 amide bonds. The van der Waals surface area contributed by atoms with E-state index >= 15 is 0 Å². The van der Waals surface area contributed by atoms with Crippen molar-refractivity contribution in [2.24, 2.45) is 5.92 Å². The van der Waals surface area contributed by atoms with Crippen LogP contribution in [0.25, 0.3) is 0 Å². The maximum atomic E-state index is 12.3.